The van der Waals surface area contributed by atoms with Gasteiger partial charge in [0.1, 0.15) is 13.2 Å². The third-order valence-electron chi connectivity index (χ3n) is 3.03. The van der Waals surface area contributed by atoms with E-state index in [1.807, 2.05) is 25.1 Å². The molecule has 0 spiro atoms. The van der Waals surface area contributed by atoms with Crippen LogP contribution in [0.4, 0.5) is 0 Å². The lowest BCUT2D eigenvalue weighted by Crippen LogP contribution is -2.15. The van der Waals surface area contributed by atoms with Crippen LogP contribution in [0.1, 0.15) is 18.7 Å². The van der Waals surface area contributed by atoms with Gasteiger partial charge >= 0.3 is 0 Å². The molecule has 100 valence electrons. The molecule has 1 aliphatic heterocycles. The van der Waals surface area contributed by atoms with Gasteiger partial charge in [-0.1, -0.05) is 18.1 Å². The van der Waals surface area contributed by atoms with Crippen molar-refractivity contribution in [3.05, 3.63) is 24.0 Å². The Hall–Kier alpha value is -2.08. The molecule has 1 atom stereocenters. The van der Waals surface area contributed by atoms with Crippen LogP contribution in [0.5, 0.6) is 11.5 Å². The van der Waals surface area contributed by atoms with Crippen LogP contribution in [-0.4, -0.2) is 29.9 Å². The molecule has 0 bridgehead atoms. The average molecular weight is 261 g/mol. The zero-order chi connectivity index (χ0) is 13.2. The number of aromatic nitrogens is 2. The van der Waals surface area contributed by atoms with Crippen LogP contribution in [0.15, 0.2) is 22.7 Å². The first-order valence-electron chi connectivity index (χ1n) is 6.22. The first kappa shape index (κ1) is 12.0. The molecular weight excluding hydrogens is 246 g/mol. The minimum Gasteiger partial charge on any atom is -0.486 e. The van der Waals surface area contributed by atoms with E-state index in [2.05, 4.69) is 10.1 Å². The van der Waals surface area contributed by atoms with Gasteiger partial charge < -0.3 is 19.7 Å². The summed E-state index contributed by atoms with van der Waals surface area (Å²) in [6.45, 7) is 3.50. The van der Waals surface area contributed by atoms with Crippen molar-refractivity contribution in [2.45, 2.75) is 12.8 Å². The summed E-state index contributed by atoms with van der Waals surface area (Å²) in [5, 5.41) is 3.95. The fourth-order valence-electron chi connectivity index (χ4n) is 1.89. The second-order valence-electron chi connectivity index (χ2n) is 4.42. The van der Waals surface area contributed by atoms with Crippen molar-refractivity contribution in [1.29, 1.82) is 0 Å². The molecule has 2 aromatic rings. The number of nitrogens with two attached hydrogens (primary N) is 1. The molecule has 2 heterocycles. The summed E-state index contributed by atoms with van der Waals surface area (Å²) in [4.78, 5) is 4.37. The smallest absolute Gasteiger partial charge is 0.261 e. The summed E-state index contributed by atoms with van der Waals surface area (Å²) in [6.07, 6.45) is 0. The number of para-hydroxylation sites is 1. The van der Waals surface area contributed by atoms with Gasteiger partial charge in [0.2, 0.25) is 0 Å². The van der Waals surface area contributed by atoms with Crippen molar-refractivity contribution < 1.29 is 14.0 Å². The minimum absolute atomic E-state index is 0.0641. The maximum atomic E-state index is 5.63. The Morgan fingerprint density at radius 1 is 1.32 bits per heavy atom. The van der Waals surface area contributed by atoms with Crippen LogP contribution < -0.4 is 15.2 Å². The van der Waals surface area contributed by atoms with Gasteiger partial charge in [-0.25, -0.2) is 0 Å². The Morgan fingerprint density at radius 2 is 2.16 bits per heavy atom. The Morgan fingerprint density at radius 3 is 3.00 bits per heavy atom. The highest BCUT2D eigenvalue weighted by Crippen LogP contribution is 2.39. The van der Waals surface area contributed by atoms with E-state index in [-0.39, 0.29) is 5.92 Å². The molecule has 0 radical (unpaired) electrons. The molecule has 1 aromatic carbocycles. The lowest BCUT2D eigenvalue weighted by atomic mass is 10.1. The molecule has 2 N–H and O–H groups in total. The summed E-state index contributed by atoms with van der Waals surface area (Å²) >= 11 is 0. The van der Waals surface area contributed by atoms with E-state index in [1.54, 1.807) is 0 Å². The number of hydrogen-bond acceptors (Lipinski definition) is 6. The maximum absolute atomic E-state index is 5.63. The topological polar surface area (TPSA) is 83.4 Å². The normalized spacial score (nSPS) is 15.3. The number of hydrogen-bond donors (Lipinski definition) is 1. The Labute approximate surface area is 110 Å². The van der Waals surface area contributed by atoms with E-state index in [0.29, 0.717) is 43.0 Å². The Balaban J connectivity index is 2.00. The summed E-state index contributed by atoms with van der Waals surface area (Å²) in [5.41, 5.74) is 6.35. The number of fused-ring (bicyclic) bond motifs is 1. The molecule has 1 unspecified atom stereocenters. The van der Waals surface area contributed by atoms with E-state index < -0.39 is 0 Å². The van der Waals surface area contributed by atoms with Gasteiger partial charge in [-0.05, 0) is 12.1 Å². The van der Waals surface area contributed by atoms with E-state index >= 15 is 0 Å². The molecule has 19 heavy (non-hydrogen) atoms. The van der Waals surface area contributed by atoms with Gasteiger partial charge in [-0.2, -0.15) is 4.98 Å². The highest BCUT2D eigenvalue weighted by molar-refractivity contribution is 5.67. The molecule has 0 aliphatic carbocycles. The maximum Gasteiger partial charge on any atom is 0.261 e. The molecule has 1 aliphatic rings. The summed E-state index contributed by atoms with van der Waals surface area (Å²) in [7, 11) is 0. The van der Waals surface area contributed by atoms with Crippen molar-refractivity contribution in [1.82, 2.24) is 10.1 Å². The lowest BCUT2D eigenvalue weighted by Gasteiger charge is -2.19. The highest BCUT2D eigenvalue weighted by atomic mass is 16.6. The van der Waals surface area contributed by atoms with Gasteiger partial charge in [0.15, 0.2) is 17.3 Å². The third kappa shape index (κ3) is 2.15. The Bertz CT molecular complexity index is 582. The fraction of sp³-hybridized carbons (Fsp3) is 0.385. The van der Waals surface area contributed by atoms with Crippen molar-refractivity contribution >= 4 is 0 Å². The molecule has 0 saturated carbocycles. The number of ether oxygens (including phenoxy) is 2. The number of benzene rings is 1. The fourth-order valence-corrected chi connectivity index (χ4v) is 1.89. The molecule has 1 aromatic heterocycles. The second kappa shape index (κ2) is 4.89. The quantitative estimate of drug-likeness (QED) is 0.902. The van der Waals surface area contributed by atoms with Crippen molar-refractivity contribution in [2.24, 2.45) is 5.73 Å². The Kier molecular flexibility index (Phi) is 3.08. The van der Waals surface area contributed by atoms with E-state index in [9.17, 15) is 0 Å². The molecule has 6 heteroatoms. The SMILES string of the molecule is CC(CN)c1noc(-c2cccc3c2OCCO3)n1. The first-order chi connectivity index (χ1) is 9.29. The standard InChI is InChI=1S/C13H15N3O3/c1-8(7-14)12-15-13(19-16-12)9-3-2-4-10-11(9)18-6-5-17-10/h2-4,8H,5-7,14H2,1H3. The van der Waals surface area contributed by atoms with Gasteiger partial charge in [-0.3, -0.25) is 0 Å². The first-order valence-corrected chi connectivity index (χ1v) is 6.22. The van der Waals surface area contributed by atoms with Crippen molar-refractivity contribution in [3.8, 4) is 23.0 Å². The molecule has 0 saturated heterocycles. The van der Waals surface area contributed by atoms with Crippen LogP contribution in [0.3, 0.4) is 0 Å². The van der Waals surface area contributed by atoms with Crippen molar-refractivity contribution in [3.63, 3.8) is 0 Å². The van der Waals surface area contributed by atoms with Crippen molar-refractivity contribution in [2.75, 3.05) is 19.8 Å². The third-order valence-corrected chi connectivity index (χ3v) is 3.03. The van der Waals surface area contributed by atoms with Crippen LogP contribution in [0.2, 0.25) is 0 Å². The molecule has 6 nitrogen and oxygen atoms in total. The molecule has 0 fully saturated rings. The molecule has 0 amide bonds. The van der Waals surface area contributed by atoms with Crippen LogP contribution in [-0.2, 0) is 0 Å². The summed E-state index contributed by atoms with van der Waals surface area (Å²) in [5.74, 6) is 2.46. The molecule has 3 rings (SSSR count). The zero-order valence-corrected chi connectivity index (χ0v) is 10.6. The monoisotopic (exact) mass is 261 g/mol. The zero-order valence-electron chi connectivity index (χ0n) is 10.6. The molecular formula is C13H15N3O3. The lowest BCUT2D eigenvalue weighted by molar-refractivity contribution is 0.172. The summed E-state index contributed by atoms with van der Waals surface area (Å²) < 4.78 is 16.4. The van der Waals surface area contributed by atoms with Gasteiger partial charge in [-0.15, -0.1) is 0 Å². The van der Waals surface area contributed by atoms with E-state index in [1.165, 1.54) is 0 Å². The van der Waals surface area contributed by atoms with Crippen LogP contribution in [0.25, 0.3) is 11.5 Å². The highest BCUT2D eigenvalue weighted by Gasteiger charge is 2.21. The predicted molar refractivity (Wildman–Crippen MR) is 68.2 cm³/mol. The number of nitrogens with zero attached hydrogens (tertiary/aromatic N) is 2. The minimum atomic E-state index is 0.0641. The predicted octanol–water partition coefficient (Wildman–Crippen LogP) is 1.57. The number of rotatable bonds is 3. The van der Waals surface area contributed by atoms with Crippen LogP contribution >= 0.6 is 0 Å². The van der Waals surface area contributed by atoms with Gasteiger partial charge in [0.05, 0.1) is 5.56 Å². The largest absolute Gasteiger partial charge is 0.486 e. The van der Waals surface area contributed by atoms with Crippen LogP contribution in [0, 0.1) is 0 Å². The second-order valence-corrected chi connectivity index (χ2v) is 4.42. The van der Waals surface area contributed by atoms with E-state index in [4.69, 9.17) is 19.7 Å². The average Bonchev–Trinajstić information content (AvgIpc) is 2.95. The van der Waals surface area contributed by atoms with Gasteiger partial charge in [0, 0.05) is 12.5 Å². The van der Waals surface area contributed by atoms with Gasteiger partial charge in [0.25, 0.3) is 5.89 Å². The van der Waals surface area contributed by atoms with E-state index in [0.717, 1.165) is 5.56 Å². The summed E-state index contributed by atoms with van der Waals surface area (Å²) in [6, 6.07) is 5.61.